The molecule has 162 valence electrons. The van der Waals surface area contributed by atoms with Crippen LogP contribution in [0.2, 0.25) is 0 Å². The van der Waals surface area contributed by atoms with Crippen molar-refractivity contribution in [1.82, 2.24) is 4.98 Å². The van der Waals surface area contributed by atoms with Crippen molar-refractivity contribution in [2.24, 2.45) is 0 Å². The van der Waals surface area contributed by atoms with E-state index in [1.54, 1.807) is 51.7 Å². The molecule has 0 bridgehead atoms. The molecular weight excluding hydrogens is 406 g/mol. The quantitative estimate of drug-likeness (QED) is 0.282. The van der Waals surface area contributed by atoms with Gasteiger partial charge in [0.2, 0.25) is 11.6 Å². The highest BCUT2D eigenvalue weighted by atomic mass is 16.5. The largest absolute Gasteiger partial charge is 0.493 e. The lowest BCUT2D eigenvalue weighted by molar-refractivity contribution is 0.105. The van der Waals surface area contributed by atoms with Crippen LogP contribution in [0.25, 0.3) is 22.7 Å². The highest BCUT2D eigenvalue weighted by Gasteiger charge is 2.21. The Labute approximate surface area is 186 Å². The number of aromatic nitrogens is 1. The first-order chi connectivity index (χ1) is 15.5. The third-order valence-corrected chi connectivity index (χ3v) is 5.08. The van der Waals surface area contributed by atoms with E-state index in [9.17, 15) is 4.79 Å². The molecule has 0 N–H and O–H groups in total. The van der Waals surface area contributed by atoms with E-state index in [0.717, 1.165) is 5.56 Å². The lowest BCUT2D eigenvalue weighted by Crippen LogP contribution is -2.03. The maximum Gasteiger partial charge on any atom is 0.231 e. The van der Waals surface area contributed by atoms with Crippen LogP contribution in [0, 0.1) is 6.92 Å². The molecule has 6 heteroatoms. The molecule has 0 aliphatic carbocycles. The number of carbonyl (C=O) groups excluding carboxylic acids is 1. The van der Waals surface area contributed by atoms with Crippen molar-refractivity contribution in [3.63, 3.8) is 0 Å². The average Bonchev–Trinajstić information content (AvgIpc) is 3.25. The Morgan fingerprint density at radius 3 is 2.16 bits per heavy atom. The Balaban J connectivity index is 1.90. The molecular formula is C26H23NO5. The number of ketones is 1. The van der Waals surface area contributed by atoms with Crippen molar-refractivity contribution in [2.75, 3.05) is 21.3 Å². The summed E-state index contributed by atoms with van der Waals surface area (Å²) in [6, 6.07) is 18.3. The van der Waals surface area contributed by atoms with Gasteiger partial charge >= 0.3 is 0 Å². The first-order valence-electron chi connectivity index (χ1n) is 10.0. The second kappa shape index (κ2) is 8.98. The van der Waals surface area contributed by atoms with E-state index in [4.69, 9.17) is 18.6 Å². The SMILES string of the molecule is COc1cc(C=C(C(=O)c2ccc(C)cc2)c2nc3ccccc3o2)cc(OC)c1OC. The standard InChI is InChI=1S/C26H23NO5/c1-16-9-11-18(12-10-16)24(28)19(26-27-20-7-5-6-8-21(20)32-26)13-17-14-22(29-2)25(31-4)23(15-17)30-3/h5-15H,1-4H3. The van der Waals surface area contributed by atoms with Crippen molar-refractivity contribution in [3.05, 3.63) is 83.2 Å². The lowest BCUT2D eigenvalue weighted by Gasteiger charge is -2.13. The molecule has 4 rings (SSSR count). The summed E-state index contributed by atoms with van der Waals surface area (Å²) in [5.74, 6) is 1.48. The van der Waals surface area contributed by atoms with Gasteiger partial charge in [-0.05, 0) is 42.8 Å². The Kier molecular flexibility index (Phi) is 5.94. The zero-order valence-electron chi connectivity index (χ0n) is 18.3. The normalized spacial score (nSPS) is 11.4. The molecule has 0 saturated heterocycles. The molecule has 3 aromatic carbocycles. The Morgan fingerprint density at radius 1 is 0.906 bits per heavy atom. The first kappa shape index (κ1) is 21.2. The second-order valence-corrected chi connectivity index (χ2v) is 7.20. The van der Waals surface area contributed by atoms with Gasteiger partial charge in [0.05, 0.1) is 26.9 Å². The summed E-state index contributed by atoms with van der Waals surface area (Å²) < 4.78 is 22.3. The first-order valence-corrected chi connectivity index (χ1v) is 10.0. The molecule has 6 nitrogen and oxygen atoms in total. The number of hydrogen-bond donors (Lipinski definition) is 0. The molecule has 0 fully saturated rings. The molecule has 0 radical (unpaired) electrons. The maximum atomic E-state index is 13.5. The molecule has 0 aliphatic rings. The minimum Gasteiger partial charge on any atom is -0.493 e. The van der Waals surface area contributed by atoms with Gasteiger partial charge in [0.25, 0.3) is 0 Å². The number of nitrogens with zero attached hydrogens (tertiary/aromatic N) is 1. The summed E-state index contributed by atoms with van der Waals surface area (Å²) in [6.07, 6.45) is 1.72. The van der Waals surface area contributed by atoms with Crippen molar-refractivity contribution < 1.29 is 23.4 Å². The summed E-state index contributed by atoms with van der Waals surface area (Å²) in [6.45, 7) is 1.97. The number of carbonyl (C=O) groups is 1. The number of fused-ring (bicyclic) bond motifs is 1. The van der Waals surface area contributed by atoms with Gasteiger partial charge in [-0.25, -0.2) is 4.98 Å². The molecule has 1 aromatic heterocycles. The second-order valence-electron chi connectivity index (χ2n) is 7.20. The number of benzene rings is 3. The van der Waals surface area contributed by atoms with E-state index < -0.39 is 0 Å². The molecule has 0 spiro atoms. The highest BCUT2D eigenvalue weighted by Crippen LogP contribution is 2.39. The Morgan fingerprint density at radius 2 is 1.56 bits per heavy atom. The van der Waals surface area contributed by atoms with Crippen molar-refractivity contribution in [2.45, 2.75) is 6.92 Å². The van der Waals surface area contributed by atoms with Gasteiger partial charge in [-0.3, -0.25) is 4.79 Å². The number of Topliss-reactive ketones (excluding diaryl/α,β-unsaturated/α-hetero) is 1. The summed E-state index contributed by atoms with van der Waals surface area (Å²) in [4.78, 5) is 18.1. The number of rotatable bonds is 7. The third-order valence-electron chi connectivity index (χ3n) is 5.08. The monoisotopic (exact) mass is 429 g/mol. The van der Waals surface area contributed by atoms with Crippen LogP contribution in [-0.4, -0.2) is 32.1 Å². The van der Waals surface area contributed by atoms with E-state index in [1.165, 1.54) is 0 Å². The highest BCUT2D eigenvalue weighted by molar-refractivity contribution is 6.31. The third kappa shape index (κ3) is 4.07. The zero-order valence-corrected chi connectivity index (χ0v) is 18.3. The molecule has 0 amide bonds. The molecule has 0 saturated carbocycles. The molecule has 0 unspecified atom stereocenters. The van der Waals surface area contributed by atoms with Crippen LogP contribution in [0.5, 0.6) is 17.2 Å². The fraction of sp³-hybridized carbons (Fsp3) is 0.154. The molecule has 0 aliphatic heterocycles. The Hall–Kier alpha value is -4.06. The van der Waals surface area contributed by atoms with Gasteiger partial charge < -0.3 is 18.6 Å². The van der Waals surface area contributed by atoms with Crippen molar-refractivity contribution in [1.29, 1.82) is 0 Å². The predicted octanol–water partition coefficient (Wildman–Crippen LogP) is 5.59. The molecule has 0 atom stereocenters. The van der Waals surface area contributed by atoms with Gasteiger partial charge in [-0.2, -0.15) is 0 Å². The van der Waals surface area contributed by atoms with E-state index >= 15 is 0 Å². The minimum absolute atomic E-state index is 0.203. The average molecular weight is 429 g/mol. The van der Waals surface area contributed by atoms with Crippen LogP contribution >= 0.6 is 0 Å². The number of aryl methyl sites for hydroxylation is 1. The van der Waals surface area contributed by atoms with Gasteiger partial charge in [-0.1, -0.05) is 42.0 Å². The van der Waals surface area contributed by atoms with Crippen LogP contribution in [0.1, 0.15) is 27.4 Å². The predicted molar refractivity (Wildman–Crippen MR) is 123 cm³/mol. The summed E-state index contributed by atoms with van der Waals surface area (Å²) in [5.41, 5.74) is 3.89. The van der Waals surface area contributed by atoms with Crippen LogP contribution < -0.4 is 14.2 Å². The topological polar surface area (TPSA) is 70.8 Å². The van der Waals surface area contributed by atoms with Crippen LogP contribution in [0.4, 0.5) is 0 Å². The summed E-state index contributed by atoms with van der Waals surface area (Å²) >= 11 is 0. The van der Waals surface area contributed by atoms with Gasteiger partial charge in [0.1, 0.15) is 5.52 Å². The summed E-state index contributed by atoms with van der Waals surface area (Å²) in [7, 11) is 4.63. The molecule has 32 heavy (non-hydrogen) atoms. The maximum absolute atomic E-state index is 13.5. The molecule has 4 aromatic rings. The summed E-state index contributed by atoms with van der Waals surface area (Å²) in [5, 5.41) is 0. The number of para-hydroxylation sites is 2. The van der Waals surface area contributed by atoms with Crippen molar-refractivity contribution >= 4 is 28.5 Å². The van der Waals surface area contributed by atoms with E-state index in [0.29, 0.717) is 45.0 Å². The van der Waals surface area contributed by atoms with Gasteiger partial charge in [0, 0.05) is 5.56 Å². The number of methoxy groups -OCH3 is 3. The van der Waals surface area contributed by atoms with Gasteiger partial charge in [0.15, 0.2) is 22.9 Å². The van der Waals surface area contributed by atoms with E-state index in [2.05, 4.69) is 4.98 Å². The molecule has 1 heterocycles. The lowest BCUT2D eigenvalue weighted by atomic mass is 9.99. The zero-order chi connectivity index (χ0) is 22.7. The number of hydrogen-bond acceptors (Lipinski definition) is 6. The van der Waals surface area contributed by atoms with Crippen LogP contribution in [-0.2, 0) is 0 Å². The van der Waals surface area contributed by atoms with Gasteiger partial charge in [-0.15, -0.1) is 0 Å². The van der Waals surface area contributed by atoms with Crippen LogP contribution in [0.15, 0.2) is 65.1 Å². The fourth-order valence-corrected chi connectivity index (χ4v) is 3.42. The number of oxazole rings is 1. The van der Waals surface area contributed by atoms with Crippen molar-refractivity contribution in [3.8, 4) is 17.2 Å². The smallest absolute Gasteiger partial charge is 0.231 e. The number of ether oxygens (including phenoxy) is 3. The van der Waals surface area contributed by atoms with E-state index in [-0.39, 0.29) is 11.7 Å². The van der Waals surface area contributed by atoms with Crippen LogP contribution in [0.3, 0.4) is 0 Å². The fourth-order valence-electron chi connectivity index (χ4n) is 3.42. The Bertz CT molecular complexity index is 1240. The number of allylic oxidation sites excluding steroid dienone is 1. The van der Waals surface area contributed by atoms with E-state index in [1.807, 2.05) is 43.3 Å². The minimum atomic E-state index is -0.203.